The molecule has 0 spiro atoms. The number of aromatic nitrogens is 2. The summed E-state index contributed by atoms with van der Waals surface area (Å²) in [5, 5.41) is 8.12. The fourth-order valence-corrected chi connectivity index (χ4v) is 3.55. The Morgan fingerprint density at radius 3 is 2.67 bits per heavy atom. The molecule has 0 radical (unpaired) electrons. The van der Waals surface area contributed by atoms with Gasteiger partial charge < -0.3 is 5.32 Å². The third-order valence-electron chi connectivity index (χ3n) is 3.95. The Labute approximate surface area is 118 Å². The number of nitrogens with zero attached hydrogens (tertiary/aromatic N) is 2. The van der Waals surface area contributed by atoms with E-state index in [1.807, 2.05) is 11.7 Å². The topological polar surface area (TPSA) is 29.9 Å². The van der Waals surface area contributed by atoms with Gasteiger partial charge >= 0.3 is 0 Å². The van der Waals surface area contributed by atoms with E-state index in [1.165, 1.54) is 42.3 Å². The standard InChI is InChI=1S/C14H24BrN3/c1-3-12-14(15)13(18(2)17-12)10-16-9-11-7-5-4-6-8-11/h11,16H,3-10H2,1-2H3. The molecule has 1 aromatic rings. The molecule has 1 aliphatic carbocycles. The van der Waals surface area contributed by atoms with E-state index in [0.717, 1.165) is 31.1 Å². The van der Waals surface area contributed by atoms with Gasteiger partial charge in [-0.05, 0) is 47.7 Å². The summed E-state index contributed by atoms with van der Waals surface area (Å²) in [6, 6.07) is 0. The van der Waals surface area contributed by atoms with Crippen molar-refractivity contribution in [2.45, 2.75) is 52.0 Å². The van der Waals surface area contributed by atoms with Gasteiger partial charge in [0.2, 0.25) is 0 Å². The molecule has 1 aliphatic rings. The van der Waals surface area contributed by atoms with Gasteiger partial charge in [0.15, 0.2) is 0 Å². The lowest BCUT2D eigenvalue weighted by atomic mass is 9.89. The highest BCUT2D eigenvalue weighted by Gasteiger charge is 2.15. The fraction of sp³-hybridized carbons (Fsp3) is 0.786. The third kappa shape index (κ3) is 3.35. The molecule has 102 valence electrons. The van der Waals surface area contributed by atoms with E-state index < -0.39 is 0 Å². The Morgan fingerprint density at radius 1 is 1.33 bits per heavy atom. The number of halogens is 1. The first-order chi connectivity index (χ1) is 8.72. The van der Waals surface area contributed by atoms with Crippen LogP contribution in [0.25, 0.3) is 0 Å². The minimum Gasteiger partial charge on any atom is -0.311 e. The Morgan fingerprint density at radius 2 is 2.06 bits per heavy atom. The number of aryl methyl sites for hydroxylation is 2. The summed E-state index contributed by atoms with van der Waals surface area (Å²) < 4.78 is 3.18. The van der Waals surface area contributed by atoms with Crippen LogP contribution >= 0.6 is 15.9 Å². The first-order valence-electron chi connectivity index (χ1n) is 7.13. The van der Waals surface area contributed by atoms with E-state index in [1.54, 1.807) is 0 Å². The Kier molecular flexibility index (Phi) is 5.25. The Bertz CT molecular complexity index is 381. The molecule has 2 rings (SSSR count). The van der Waals surface area contributed by atoms with Gasteiger partial charge in [0, 0.05) is 13.6 Å². The van der Waals surface area contributed by atoms with E-state index in [4.69, 9.17) is 0 Å². The molecule has 0 bridgehead atoms. The van der Waals surface area contributed by atoms with Crippen molar-refractivity contribution in [3.05, 3.63) is 15.9 Å². The van der Waals surface area contributed by atoms with Crippen molar-refractivity contribution in [1.29, 1.82) is 0 Å². The van der Waals surface area contributed by atoms with Gasteiger partial charge in [-0.25, -0.2) is 0 Å². The largest absolute Gasteiger partial charge is 0.311 e. The molecular weight excluding hydrogens is 290 g/mol. The highest BCUT2D eigenvalue weighted by Crippen LogP contribution is 2.24. The highest BCUT2D eigenvalue weighted by atomic mass is 79.9. The maximum absolute atomic E-state index is 4.52. The van der Waals surface area contributed by atoms with Gasteiger partial charge in [-0.15, -0.1) is 0 Å². The monoisotopic (exact) mass is 313 g/mol. The molecule has 4 heteroatoms. The molecule has 1 N–H and O–H groups in total. The second-order valence-electron chi connectivity index (χ2n) is 5.32. The Hall–Kier alpha value is -0.350. The predicted octanol–water partition coefficient (Wildman–Crippen LogP) is 3.41. The second-order valence-corrected chi connectivity index (χ2v) is 6.11. The summed E-state index contributed by atoms with van der Waals surface area (Å²) in [5.74, 6) is 0.886. The molecule has 0 aromatic carbocycles. The molecule has 0 saturated heterocycles. The van der Waals surface area contributed by atoms with Crippen LogP contribution in [-0.2, 0) is 20.0 Å². The summed E-state index contributed by atoms with van der Waals surface area (Å²) in [6.45, 7) is 4.21. The second kappa shape index (κ2) is 6.71. The maximum Gasteiger partial charge on any atom is 0.0767 e. The molecule has 0 atom stereocenters. The van der Waals surface area contributed by atoms with Gasteiger partial charge in [0.25, 0.3) is 0 Å². The lowest BCUT2D eigenvalue weighted by Gasteiger charge is -2.21. The molecule has 3 nitrogen and oxygen atoms in total. The van der Waals surface area contributed by atoms with Crippen molar-refractivity contribution in [1.82, 2.24) is 15.1 Å². The molecule has 1 saturated carbocycles. The summed E-state index contributed by atoms with van der Waals surface area (Å²) in [7, 11) is 2.03. The van der Waals surface area contributed by atoms with Crippen LogP contribution in [0.1, 0.15) is 50.4 Å². The maximum atomic E-state index is 4.52. The van der Waals surface area contributed by atoms with Crippen LogP contribution in [0, 0.1) is 5.92 Å². The van der Waals surface area contributed by atoms with Gasteiger partial charge in [-0.1, -0.05) is 26.2 Å². The predicted molar refractivity (Wildman–Crippen MR) is 78.6 cm³/mol. The molecule has 0 unspecified atom stereocenters. The summed E-state index contributed by atoms with van der Waals surface area (Å²) in [6.07, 6.45) is 8.06. The average Bonchev–Trinajstić information content (AvgIpc) is 2.67. The van der Waals surface area contributed by atoms with Crippen LogP contribution < -0.4 is 5.32 Å². The van der Waals surface area contributed by atoms with Crippen molar-refractivity contribution in [3.63, 3.8) is 0 Å². The van der Waals surface area contributed by atoms with Crippen LogP contribution in [0.4, 0.5) is 0 Å². The average molecular weight is 314 g/mol. The number of hydrogen-bond acceptors (Lipinski definition) is 2. The van der Waals surface area contributed by atoms with Crippen molar-refractivity contribution >= 4 is 15.9 Å². The first-order valence-corrected chi connectivity index (χ1v) is 7.92. The van der Waals surface area contributed by atoms with Crippen molar-refractivity contribution in [2.75, 3.05) is 6.54 Å². The lowest BCUT2D eigenvalue weighted by molar-refractivity contribution is 0.340. The van der Waals surface area contributed by atoms with Gasteiger partial charge in [-0.3, -0.25) is 4.68 Å². The number of hydrogen-bond donors (Lipinski definition) is 1. The van der Waals surface area contributed by atoms with E-state index in [0.29, 0.717) is 0 Å². The third-order valence-corrected chi connectivity index (χ3v) is 4.87. The normalized spacial score (nSPS) is 17.3. The number of nitrogens with one attached hydrogen (secondary N) is 1. The molecule has 18 heavy (non-hydrogen) atoms. The van der Waals surface area contributed by atoms with Crippen molar-refractivity contribution in [3.8, 4) is 0 Å². The minimum absolute atomic E-state index is 0.886. The quantitative estimate of drug-likeness (QED) is 0.902. The van der Waals surface area contributed by atoms with Crippen LogP contribution in [0.2, 0.25) is 0 Å². The summed E-state index contributed by atoms with van der Waals surface area (Å²) >= 11 is 3.67. The van der Waals surface area contributed by atoms with Crippen molar-refractivity contribution in [2.24, 2.45) is 13.0 Å². The van der Waals surface area contributed by atoms with Crippen molar-refractivity contribution < 1.29 is 0 Å². The molecule has 0 aliphatic heterocycles. The first kappa shape index (κ1) is 14.1. The summed E-state index contributed by atoms with van der Waals surface area (Å²) in [5.41, 5.74) is 2.43. The van der Waals surface area contributed by atoms with Gasteiger partial charge in [0.05, 0.1) is 15.9 Å². The van der Waals surface area contributed by atoms with E-state index in [2.05, 4.69) is 33.3 Å². The smallest absolute Gasteiger partial charge is 0.0767 e. The highest BCUT2D eigenvalue weighted by molar-refractivity contribution is 9.10. The van der Waals surface area contributed by atoms with E-state index in [-0.39, 0.29) is 0 Å². The molecular formula is C14H24BrN3. The van der Waals surface area contributed by atoms with Crippen LogP contribution in [-0.4, -0.2) is 16.3 Å². The fourth-order valence-electron chi connectivity index (χ4n) is 2.80. The van der Waals surface area contributed by atoms with Crippen LogP contribution in [0.5, 0.6) is 0 Å². The Balaban J connectivity index is 1.84. The molecule has 1 aromatic heterocycles. The zero-order valence-corrected chi connectivity index (χ0v) is 13.1. The zero-order chi connectivity index (χ0) is 13.0. The van der Waals surface area contributed by atoms with Gasteiger partial charge in [-0.2, -0.15) is 5.10 Å². The molecule has 1 fully saturated rings. The van der Waals surface area contributed by atoms with E-state index in [9.17, 15) is 0 Å². The minimum atomic E-state index is 0.886. The van der Waals surface area contributed by atoms with Gasteiger partial charge in [0.1, 0.15) is 0 Å². The van der Waals surface area contributed by atoms with Crippen LogP contribution in [0.3, 0.4) is 0 Å². The van der Waals surface area contributed by atoms with E-state index >= 15 is 0 Å². The molecule has 0 amide bonds. The zero-order valence-electron chi connectivity index (χ0n) is 11.5. The summed E-state index contributed by atoms with van der Waals surface area (Å²) in [4.78, 5) is 0. The molecule has 1 heterocycles. The lowest BCUT2D eigenvalue weighted by Crippen LogP contribution is -2.25. The number of rotatable bonds is 5. The van der Waals surface area contributed by atoms with Crippen LogP contribution in [0.15, 0.2) is 4.47 Å². The SMILES string of the molecule is CCc1nn(C)c(CNCC2CCCCC2)c1Br.